The van der Waals surface area contributed by atoms with Crippen LogP contribution in [-0.4, -0.2) is 39.8 Å². The van der Waals surface area contributed by atoms with Gasteiger partial charge in [0.05, 0.1) is 6.54 Å². The first-order valence-corrected chi connectivity index (χ1v) is 10.2. The second-order valence-electron chi connectivity index (χ2n) is 7.94. The Hall–Kier alpha value is -3.80. The summed E-state index contributed by atoms with van der Waals surface area (Å²) in [5.74, 6) is -1.10. The summed E-state index contributed by atoms with van der Waals surface area (Å²) in [6.45, 7) is 0.265. The molecule has 1 amide bonds. The molecule has 0 saturated carbocycles. The molecule has 6 heteroatoms. The highest BCUT2D eigenvalue weighted by atomic mass is 16.6. The van der Waals surface area contributed by atoms with Crippen LogP contribution in [0.5, 0.6) is 5.75 Å². The fourth-order valence-electron chi connectivity index (χ4n) is 4.66. The Balaban J connectivity index is 1.38. The van der Waals surface area contributed by atoms with Gasteiger partial charge in [-0.1, -0.05) is 54.6 Å². The summed E-state index contributed by atoms with van der Waals surface area (Å²) in [5.41, 5.74) is 6.01. The molecule has 1 aliphatic carbocycles. The molecule has 1 aliphatic heterocycles. The van der Waals surface area contributed by atoms with Gasteiger partial charge in [0.2, 0.25) is 0 Å². The molecule has 1 atom stereocenters. The van der Waals surface area contributed by atoms with E-state index in [4.69, 9.17) is 4.74 Å². The predicted molar refractivity (Wildman–Crippen MR) is 114 cm³/mol. The number of ether oxygens (including phenoxy) is 1. The van der Waals surface area contributed by atoms with Crippen LogP contribution in [0.2, 0.25) is 0 Å². The predicted octanol–water partition coefficient (Wildman–Crippen LogP) is 4.15. The molecule has 0 saturated heterocycles. The molecule has 0 bridgehead atoms. The summed E-state index contributed by atoms with van der Waals surface area (Å²) in [6, 6.07) is 19.9. The van der Waals surface area contributed by atoms with E-state index in [-0.39, 0.29) is 31.2 Å². The van der Waals surface area contributed by atoms with E-state index in [9.17, 15) is 19.8 Å². The first-order valence-electron chi connectivity index (χ1n) is 10.2. The normalized spacial score (nSPS) is 16.9. The number of fused-ring (bicyclic) bond motifs is 4. The minimum Gasteiger partial charge on any atom is -0.508 e. The quantitative estimate of drug-likeness (QED) is 0.671. The summed E-state index contributed by atoms with van der Waals surface area (Å²) in [4.78, 5) is 26.1. The van der Waals surface area contributed by atoms with Gasteiger partial charge in [0.25, 0.3) is 0 Å². The van der Waals surface area contributed by atoms with Crippen molar-refractivity contribution in [1.82, 2.24) is 4.90 Å². The molecule has 0 fully saturated rings. The highest BCUT2D eigenvalue weighted by Crippen LogP contribution is 2.44. The molecule has 0 aromatic heterocycles. The minimum atomic E-state index is -1.09. The molecule has 3 aromatic carbocycles. The molecule has 2 aliphatic rings. The largest absolute Gasteiger partial charge is 0.508 e. The highest BCUT2D eigenvalue weighted by Gasteiger charge is 2.37. The Labute approximate surface area is 179 Å². The maximum atomic E-state index is 13.0. The van der Waals surface area contributed by atoms with E-state index in [0.717, 1.165) is 33.4 Å². The number of benzene rings is 3. The second kappa shape index (κ2) is 7.47. The van der Waals surface area contributed by atoms with Crippen LogP contribution in [0.3, 0.4) is 0 Å². The zero-order valence-electron chi connectivity index (χ0n) is 16.7. The van der Waals surface area contributed by atoms with Gasteiger partial charge < -0.3 is 14.9 Å². The van der Waals surface area contributed by atoms with Crippen molar-refractivity contribution in [2.24, 2.45) is 0 Å². The van der Waals surface area contributed by atoms with Crippen molar-refractivity contribution in [2.45, 2.75) is 24.9 Å². The third-order valence-corrected chi connectivity index (χ3v) is 6.18. The van der Waals surface area contributed by atoms with E-state index in [1.807, 2.05) is 36.4 Å². The minimum absolute atomic E-state index is 0.0810. The number of hydrogen-bond donors (Lipinski definition) is 2. The summed E-state index contributed by atoms with van der Waals surface area (Å²) >= 11 is 0. The molecule has 1 unspecified atom stereocenters. The van der Waals surface area contributed by atoms with E-state index >= 15 is 0 Å². The number of aliphatic carboxylic acids is 1. The van der Waals surface area contributed by atoms with Crippen LogP contribution >= 0.6 is 0 Å². The maximum absolute atomic E-state index is 13.0. The number of nitrogens with zero attached hydrogens (tertiary/aromatic N) is 1. The molecular weight excluding hydrogens is 394 g/mol. The van der Waals surface area contributed by atoms with Gasteiger partial charge in [0.15, 0.2) is 0 Å². The number of phenols is 1. The average molecular weight is 415 g/mol. The second-order valence-corrected chi connectivity index (χ2v) is 7.94. The fourth-order valence-corrected chi connectivity index (χ4v) is 4.66. The topological polar surface area (TPSA) is 87.1 Å². The first-order chi connectivity index (χ1) is 15.0. The van der Waals surface area contributed by atoms with Crippen molar-refractivity contribution in [3.63, 3.8) is 0 Å². The lowest BCUT2D eigenvalue weighted by molar-refractivity contribution is -0.143. The summed E-state index contributed by atoms with van der Waals surface area (Å²) in [6.07, 6.45) is -0.517. The molecule has 0 spiro atoms. The van der Waals surface area contributed by atoms with Gasteiger partial charge in [-0.15, -0.1) is 0 Å². The fraction of sp³-hybridized carbons (Fsp3) is 0.200. The number of carboxylic acid groups (broad SMARTS) is 1. The highest BCUT2D eigenvalue weighted by molar-refractivity contribution is 5.82. The van der Waals surface area contributed by atoms with Crippen LogP contribution in [0.15, 0.2) is 66.7 Å². The molecule has 0 radical (unpaired) electrons. The van der Waals surface area contributed by atoms with Crippen molar-refractivity contribution in [2.75, 3.05) is 6.61 Å². The standard InChI is InChI=1S/C25H21NO5/c27-17-10-9-15-13-26(23(24(28)29)12-16(15)11-17)25(30)31-14-22-20-7-3-1-5-18(20)19-6-2-4-8-21(19)22/h1-11,22-23,27H,12-14H2,(H,28,29). The first kappa shape index (κ1) is 19.2. The van der Waals surface area contributed by atoms with Crippen molar-refractivity contribution < 1.29 is 24.5 Å². The molecule has 2 N–H and O–H groups in total. The third kappa shape index (κ3) is 3.30. The smallest absolute Gasteiger partial charge is 0.410 e. The summed E-state index contributed by atoms with van der Waals surface area (Å²) in [7, 11) is 0. The molecule has 156 valence electrons. The molecule has 6 nitrogen and oxygen atoms in total. The van der Waals surface area contributed by atoms with Gasteiger partial charge in [0.1, 0.15) is 18.4 Å². The number of carboxylic acids is 1. The Morgan fingerprint density at radius 3 is 2.23 bits per heavy atom. The van der Waals surface area contributed by atoms with E-state index < -0.39 is 18.1 Å². The molecule has 3 aromatic rings. The zero-order chi connectivity index (χ0) is 21.5. The number of rotatable bonds is 3. The molecular formula is C25H21NO5. The average Bonchev–Trinajstić information content (AvgIpc) is 3.10. The van der Waals surface area contributed by atoms with E-state index in [2.05, 4.69) is 12.1 Å². The summed E-state index contributed by atoms with van der Waals surface area (Å²) in [5, 5.41) is 19.4. The number of amides is 1. The van der Waals surface area contributed by atoms with Gasteiger partial charge in [-0.05, 0) is 45.5 Å². The van der Waals surface area contributed by atoms with Crippen molar-refractivity contribution in [3.8, 4) is 16.9 Å². The van der Waals surface area contributed by atoms with Gasteiger partial charge in [-0.25, -0.2) is 9.59 Å². The van der Waals surface area contributed by atoms with Crippen molar-refractivity contribution >= 4 is 12.1 Å². The third-order valence-electron chi connectivity index (χ3n) is 6.18. The van der Waals surface area contributed by atoms with Crippen LogP contribution in [0.1, 0.15) is 28.2 Å². The number of carbonyl (C=O) groups is 2. The number of aromatic hydroxyl groups is 1. The van der Waals surface area contributed by atoms with E-state index in [0.29, 0.717) is 0 Å². The Morgan fingerprint density at radius 1 is 0.935 bits per heavy atom. The Kier molecular flexibility index (Phi) is 4.62. The molecule has 31 heavy (non-hydrogen) atoms. The van der Waals surface area contributed by atoms with Gasteiger partial charge in [-0.2, -0.15) is 0 Å². The van der Waals surface area contributed by atoms with Gasteiger partial charge in [0, 0.05) is 12.3 Å². The zero-order valence-corrected chi connectivity index (χ0v) is 16.7. The van der Waals surface area contributed by atoms with Crippen LogP contribution in [0, 0.1) is 0 Å². The lowest BCUT2D eigenvalue weighted by Crippen LogP contribution is -2.49. The SMILES string of the molecule is O=C(O)C1Cc2cc(O)ccc2CN1C(=O)OCC1c2ccccc2-c2ccccc21. The monoisotopic (exact) mass is 415 g/mol. The maximum Gasteiger partial charge on any atom is 0.410 e. The van der Waals surface area contributed by atoms with Gasteiger partial charge in [-0.3, -0.25) is 4.90 Å². The lowest BCUT2D eigenvalue weighted by atomic mass is 9.94. The van der Waals surface area contributed by atoms with Crippen molar-refractivity contribution in [3.05, 3.63) is 89.0 Å². The Bertz CT molecular complexity index is 1140. The van der Waals surface area contributed by atoms with Crippen LogP contribution in [-0.2, 0) is 22.5 Å². The van der Waals surface area contributed by atoms with Crippen molar-refractivity contribution in [1.29, 1.82) is 0 Å². The van der Waals surface area contributed by atoms with Gasteiger partial charge >= 0.3 is 12.1 Å². The van der Waals surface area contributed by atoms with Crippen LogP contribution in [0.4, 0.5) is 4.79 Å². The number of carbonyl (C=O) groups excluding carboxylic acids is 1. The molecule has 1 heterocycles. The van der Waals surface area contributed by atoms with E-state index in [1.165, 1.54) is 11.0 Å². The van der Waals surface area contributed by atoms with Crippen LogP contribution < -0.4 is 0 Å². The number of hydrogen-bond acceptors (Lipinski definition) is 4. The Morgan fingerprint density at radius 2 is 1.58 bits per heavy atom. The summed E-state index contributed by atoms with van der Waals surface area (Å²) < 4.78 is 5.67. The molecule has 5 rings (SSSR count). The van der Waals surface area contributed by atoms with Crippen LogP contribution in [0.25, 0.3) is 11.1 Å². The number of phenolic OH excluding ortho intramolecular Hbond substituents is 1. The lowest BCUT2D eigenvalue weighted by Gasteiger charge is -2.34. The van der Waals surface area contributed by atoms with E-state index in [1.54, 1.807) is 12.1 Å².